The molecule has 0 aliphatic carbocycles. The molecule has 0 aliphatic heterocycles. The lowest BCUT2D eigenvalue weighted by Crippen LogP contribution is -2.30. The Morgan fingerprint density at radius 1 is 1.12 bits per heavy atom. The Bertz CT molecular complexity index is 803. The van der Waals surface area contributed by atoms with E-state index < -0.39 is 6.04 Å². The van der Waals surface area contributed by atoms with Crippen LogP contribution in [0.25, 0.3) is 11.4 Å². The van der Waals surface area contributed by atoms with Crippen LogP contribution in [0.1, 0.15) is 24.4 Å². The summed E-state index contributed by atoms with van der Waals surface area (Å²) in [6.07, 6.45) is 0. The predicted octanol–water partition coefficient (Wildman–Crippen LogP) is 3.13. The van der Waals surface area contributed by atoms with E-state index in [9.17, 15) is 4.79 Å². The smallest absolute Gasteiger partial charge is 0.249 e. The molecule has 6 heteroatoms. The second-order valence-corrected chi connectivity index (χ2v) is 5.59. The van der Waals surface area contributed by atoms with Crippen LogP contribution in [0.4, 0.5) is 0 Å². The Morgan fingerprint density at radius 2 is 1.80 bits per heavy atom. The van der Waals surface area contributed by atoms with Gasteiger partial charge in [0, 0.05) is 5.56 Å². The van der Waals surface area contributed by atoms with Gasteiger partial charge in [-0.1, -0.05) is 65.8 Å². The van der Waals surface area contributed by atoms with Crippen LogP contribution in [0.15, 0.2) is 65.2 Å². The Morgan fingerprint density at radius 3 is 2.52 bits per heavy atom. The molecular formula is C19H19N3O3. The number of nitrogens with one attached hydrogen (secondary N) is 1. The highest BCUT2D eigenvalue weighted by atomic mass is 16.5. The van der Waals surface area contributed by atoms with Gasteiger partial charge in [0.05, 0.1) is 6.61 Å². The number of rotatable bonds is 7. The number of aromatic nitrogens is 2. The van der Waals surface area contributed by atoms with E-state index in [1.165, 1.54) is 0 Å². The summed E-state index contributed by atoms with van der Waals surface area (Å²) in [6, 6.07) is 18.8. The molecule has 1 amide bonds. The Hall–Kier alpha value is -2.99. The minimum Gasteiger partial charge on any atom is -0.367 e. The van der Waals surface area contributed by atoms with Crippen LogP contribution < -0.4 is 5.32 Å². The van der Waals surface area contributed by atoms with E-state index in [-0.39, 0.29) is 12.5 Å². The van der Waals surface area contributed by atoms with E-state index in [4.69, 9.17) is 9.26 Å². The van der Waals surface area contributed by atoms with Crippen molar-refractivity contribution in [3.05, 3.63) is 72.1 Å². The standard InChI is InChI=1S/C19H19N3O3/c1-14(19-21-18(22-25-19)16-10-6-3-7-11-16)20-17(23)13-24-12-15-8-4-2-5-9-15/h2-11,14H,12-13H2,1H3,(H,20,23)/t14-/m0/s1. The van der Waals surface area contributed by atoms with Crippen LogP contribution in [0.2, 0.25) is 0 Å². The Balaban J connectivity index is 1.49. The largest absolute Gasteiger partial charge is 0.367 e. The number of ether oxygens (including phenoxy) is 1. The third kappa shape index (κ3) is 4.74. The minimum absolute atomic E-state index is 0.0289. The van der Waals surface area contributed by atoms with Gasteiger partial charge in [0.15, 0.2) is 0 Å². The van der Waals surface area contributed by atoms with Crippen LogP contribution in [0.3, 0.4) is 0 Å². The highest BCUT2D eigenvalue weighted by Crippen LogP contribution is 2.18. The molecule has 1 atom stereocenters. The van der Waals surface area contributed by atoms with Crippen molar-refractivity contribution in [1.29, 1.82) is 0 Å². The quantitative estimate of drug-likeness (QED) is 0.717. The molecule has 1 heterocycles. The molecule has 0 spiro atoms. The molecule has 3 aromatic rings. The van der Waals surface area contributed by atoms with Crippen molar-refractivity contribution in [1.82, 2.24) is 15.5 Å². The second-order valence-electron chi connectivity index (χ2n) is 5.59. The third-order valence-corrected chi connectivity index (χ3v) is 3.57. The van der Waals surface area contributed by atoms with Crippen molar-refractivity contribution < 1.29 is 14.1 Å². The molecule has 128 valence electrons. The van der Waals surface area contributed by atoms with Gasteiger partial charge in [-0.05, 0) is 12.5 Å². The molecule has 0 saturated carbocycles. The number of hydrogen-bond donors (Lipinski definition) is 1. The summed E-state index contributed by atoms with van der Waals surface area (Å²) in [4.78, 5) is 16.3. The van der Waals surface area contributed by atoms with Crippen LogP contribution >= 0.6 is 0 Å². The minimum atomic E-state index is -0.391. The summed E-state index contributed by atoms with van der Waals surface area (Å²) >= 11 is 0. The number of hydrogen-bond acceptors (Lipinski definition) is 5. The first-order valence-corrected chi connectivity index (χ1v) is 8.02. The highest BCUT2D eigenvalue weighted by Gasteiger charge is 2.17. The van der Waals surface area contributed by atoms with Gasteiger partial charge in [-0.3, -0.25) is 4.79 Å². The molecule has 25 heavy (non-hydrogen) atoms. The lowest BCUT2D eigenvalue weighted by molar-refractivity contribution is -0.126. The van der Waals surface area contributed by atoms with Crippen LogP contribution in [-0.2, 0) is 16.1 Å². The first-order chi connectivity index (χ1) is 12.2. The summed E-state index contributed by atoms with van der Waals surface area (Å²) in [6.45, 7) is 2.15. The Labute approximate surface area is 145 Å². The average Bonchev–Trinajstić information content (AvgIpc) is 3.14. The van der Waals surface area contributed by atoms with Gasteiger partial charge in [-0.25, -0.2) is 0 Å². The summed E-state index contributed by atoms with van der Waals surface area (Å²) in [5.74, 6) is 0.621. The zero-order valence-electron chi connectivity index (χ0n) is 13.9. The molecule has 1 aromatic heterocycles. The van der Waals surface area contributed by atoms with Crippen molar-refractivity contribution in [2.75, 3.05) is 6.61 Å². The molecule has 0 bridgehead atoms. The van der Waals surface area contributed by atoms with Crippen LogP contribution in [-0.4, -0.2) is 22.7 Å². The number of carbonyl (C=O) groups excluding carboxylic acids is 1. The van der Waals surface area contributed by atoms with Crippen molar-refractivity contribution in [2.45, 2.75) is 19.6 Å². The lowest BCUT2D eigenvalue weighted by atomic mass is 10.2. The molecule has 0 fully saturated rings. The third-order valence-electron chi connectivity index (χ3n) is 3.57. The maximum atomic E-state index is 12.0. The summed E-state index contributed by atoms with van der Waals surface area (Å²) in [5.41, 5.74) is 1.88. The van der Waals surface area contributed by atoms with Gasteiger partial charge in [-0.2, -0.15) is 4.98 Å². The molecule has 0 radical (unpaired) electrons. The van der Waals surface area contributed by atoms with Crippen molar-refractivity contribution >= 4 is 5.91 Å². The predicted molar refractivity (Wildman–Crippen MR) is 92.4 cm³/mol. The summed E-state index contributed by atoms with van der Waals surface area (Å²) in [5, 5.41) is 6.74. The fourth-order valence-corrected chi connectivity index (χ4v) is 2.30. The van der Waals surface area contributed by atoms with Crippen molar-refractivity contribution in [2.24, 2.45) is 0 Å². The van der Waals surface area contributed by atoms with Crippen molar-refractivity contribution in [3.8, 4) is 11.4 Å². The molecule has 0 aliphatic rings. The maximum Gasteiger partial charge on any atom is 0.249 e. The number of amides is 1. The van der Waals surface area contributed by atoms with E-state index in [0.29, 0.717) is 18.3 Å². The Kier molecular flexibility index (Phi) is 5.53. The fraction of sp³-hybridized carbons (Fsp3) is 0.211. The summed E-state index contributed by atoms with van der Waals surface area (Å²) in [7, 11) is 0. The zero-order chi connectivity index (χ0) is 17.5. The maximum absolute atomic E-state index is 12.0. The molecule has 6 nitrogen and oxygen atoms in total. The van der Waals surface area contributed by atoms with Gasteiger partial charge in [0.2, 0.25) is 17.6 Å². The number of nitrogens with zero attached hydrogens (tertiary/aromatic N) is 2. The van der Waals surface area contributed by atoms with Crippen molar-refractivity contribution in [3.63, 3.8) is 0 Å². The van der Waals surface area contributed by atoms with Crippen LogP contribution in [0, 0.1) is 0 Å². The zero-order valence-corrected chi connectivity index (χ0v) is 13.9. The van der Waals surface area contributed by atoms with E-state index >= 15 is 0 Å². The SMILES string of the molecule is C[C@H](NC(=O)COCc1ccccc1)c1nc(-c2ccccc2)no1. The second kappa shape index (κ2) is 8.21. The molecule has 1 N–H and O–H groups in total. The molecule has 0 saturated heterocycles. The van der Waals surface area contributed by atoms with Gasteiger partial charge in [0.25, 0.3) is 0 Å². The average molecular weight is 337 g/mol. The summed E-state index contributed by atoms with van der Waals surface area (Å²) < 4.78 is 10.7. The van der Waals surface area contributed by atoms with Gasteiger partial charge < -0.3 is 14.6 Å². The molecule has 3 rings (SSSR count). The van der Waals surface area contributed by atoms with E-state index in [1.807, 2.05) is 60.7 Å². The molecular weight excluding hydrogens is 318 g/mol. The highest BCUT2D eigenvalue weighted by molar-refractivity contribution is 5.77. The molecule has 2 aromatic carbocycles. The van der Waals surface area contributed by atoms with Crippen LogP contribution in [0.5, 0.6) is 0 Å². The van der Waals surface area contributed by atoms with Gasteiger partial charge in [0.1, 0.15) is 12.6 Å². The molecule has 0 unspecified atom stereocenters. The van der Waals surface area contributed by atoms with E-state index in [1.54, 1.807) is 6.92 Å². The number of benzene rings is 2. The van der Waals surface area contributed by atoms with Gasteiger partial charge >= 0.3 is 0 Å². The first-order valence-electron chi connectivity index (χ1n) is 8.02. The fourth-order valence-electron chi connectivity index (χ4n) is 2.30. The number of carbonyl (C=O) groups is 1. The van der Waals surface area contributed by atoms with E-state index in [2.05, 4.69) is 15.5 Å². The normalized spacial score (nSPS) is 11.9. The van der Waals surface area contributed by atoms with Gasteiger partial charge in [-0.15, -0.1) is 0 Å². The monoisotopic (exact) mass is 337 g/mol. The first kappa shape index (κ1) is 16.9. The van der Waals surface area contributed by atoms with E-state index in [0.717, 1.165) is 11.1 Å². The lowest BCUT2D eigenvalue weighted by Gasteiger charge is -2.10. The topological polar surface area (TPSA) is 77.2 Å².